The molecule has 4 atom stereocenters. The lowest BCUT2D eigenvalue weighted by Crippen LogP contribution is -2.33. The van der Waals surface area contributed by atoms with E-state index in [1.54, 1.807) is 17.8 Å². The monoisotopic (exact) mass is 616 g/mol. The topological polar surface area (TPSA) is 27.1 Å². The summed E-state index contributed by atoms with van der Waals surface area (Å²) in [7, 11) is 0. The van der Waals surface area contributed by atoms with Gasteiger partial charge in [0.25, 0.3) is 0 Å². The number of alkyl halides is 4. The lowest BCUT2D eigenvalue weighted by Gasteiger charge is -2.33. The molecule has 1 saturated heterocycles. The van der Waals surface area contributed by atoms with Crippen LogP contribution in [0.2, 0.25) is 0 Å². The molecule has 3 aromatic rings. The van der Waals surface area contributed by atoms with Crippen LogP contribution in [0.3, 0.4) is 0 Å². The first-order valence-electron chi connectivity index (χ1n) is 11.5. The van der Waals surface area contributed by atoms with Crippen LogP contribution >= 0.6 is 34.4 Å². The molecule has 1 spiro atoms. The zero-order valence-electron chi connectivity index (χ0n) is 19.1. The van der Waals surface area contributed by atoms with Gasteiger partial charge < -0.3 is 4.74 Å². The molecule has 35 heavy (non-hydrogen) atoms. The second-order valence-corrected chi connectivity index (χ2v) is 11.1. The van der Waals surface area contributed by atoms with Crippen molar-refractivity contribution in [2.24, 2.45) is 5.92 Å². The molecule has 186 valence electrons. The number of hydrogen-bond acceptors (Lipinski definition) is 3. The predicted molar refractivity (Wildman–Crippen MR) is 137 cm³/mol. The maximum atomic E-state index is 13.6. The fourth-order valence-electron chi connectivity index (χ4n) is 5.89. The van der Waals surface area contributed by atoms with Crippen LogP contribution in [0, 0.1) is 11.7 Å². The molecule has 2 fully saturated rings. The standard InChI is InChI=1S/C26H25F4IN2OS/c1-35-22-7-6-20(33-15-32-13-23(33)26(28,29)30)10-21(22)18-11-25(34-14-18)9-8-17(12-31)24(25)16-2-4-19(27)5-3-16/h2-7,10,13,15,17-18,24H,8-9,11-12,14H2,1H3/t17-,18-,24-,25-/m1/s1. The Balaban J connectivity index is 1.50. The first-order chi connectivity index (χ1) is 16.8. The predicted octanol–water partition coefficient (Wildman–Crippen LogP) is 7.62. The van der Waals surface area contributed by atoms with Gasteiger partial charge >= 0.3 is 6.18 Å². The number of rotatable bonds is 5. The number of aromatic nitrogens is 2. The third kappa shape index (κ3) is 4.64. The average Bonchev–Trinajstić information content (AvgIpc) is 3.58. The highest BCUT2D eigenvalue weighted by molar-refractivity contribution is 14.1. The maximum absolute atomic E-state index is 13.6. The number of benzene rings is 2. The number of halogens is 5. The zero-order valence-corrected chi connectivity index (χ0v) is 22.0. The molecule has 1 aliphatic heterocycles. The van der Waals surface area contributed by atoms with Gasteiger partial charge in [0.15, 0.2) is 0 Å². The van der Waals surface area contributed by atoms with Crippen LogP contribution in [0.25, 0.3) is 5.69 Å². The van der Waals surface area contributed by atoms with E-state index in [0.29, 0.717) is 18.2 Å². The summed E-state index contributed by atoms with van der Waals surface area (Å²) >= 11 is 4.01. The van der Waals surface area contributed by atoms with E-state index in [1.807, 2.05) is 30.5 Å². The summed E-state index contributed by atoms with van der Waals surface area (Å²) in [5.41, 5.74) is 1.39. The Hall–Kier alpha value is -1.59. The summed E-state index contributed by atoms with van der Waals surface area (Å²) in [4.78, 5) is 4.78. The Morgan fingerprint density at radius 2 is 1.97 bits per heavy atom. The summed E-state index contributed by atoms with van der Waals surface area (Å²) in [6.45, 7) is 0.513. The number of ether oxygens (including phenoxy) is 1. The minimum absolute atomic E-state index is 0.0613. The molecule has 0 radical (unpaired) electrons. The minimum atomic E-state index is -4.49. The van der Waals surface area contributed by atoms with Crippen LogP contribution < -0.4 is 0 Å². The number of nitrogens with zero attached hydrogens (tertiary/aromatic N) is 2. The lowest BCUT2D eigenvalue weighted by atomic mass is 9.77. The molecule has 0 unspecified atom stereocenters. The van der Waals surface area contributed by atoms with E-state index in [-0.39, 0.29) is 23.3 Å². The molecule has 0 N–H and O–H groups in total. The highest BCUT2D eigenvalue weighted by Gasteiger charge is 2.54. The van der Waals surface area contributed by atoms with Crippen molar-refractivity contribution < 1.29 is 22.3 Å². The molecule has 1 saturated carbocycles. The van der Waals surface area contributed by atoms with E-state index in [0.717, 1.165) is 50.5 Å². The second-order valence-electron chi connectivity index (χ2n) is 9.33. The van der Waals surface area contributed by atoms with E-state index < -0.39 is 11.9 Å². The van der Waals surface area contributed by atoms with Gasteiger partial charge in [-0.2, -0.15) is 13.2 Å². The quantitative estimate of drug-likeness (QED) is 0.128. The van der Waals surface area contributed by atoms with Crippen molar-refractivity contribution >= 4 is 34.4 Å². The van der Waals surface area contributed by atoms with Gasteiger partial charge in [0, 0.05) is 26.8 Å². The Kier molecular flexibility index (Phi) is 6.95. The molecule has 1 aromatic heterocycles. The molecule has 2 aliphatic rings. The van der Waals surface area contributed by atoms with Crippen molar-refractivity contribution in [1.29, 1.82) is 0 Å². The minimum Gasteiger partial charge on any atom is -0.374 e. The van der Waals surface area contributed by atoms with Crippen LogP contribution in [0.5, 0.6) is 0 Å². The molecule has 1 aliphatic carbocycles. The van der Waals surface area contributed by atoms with Gasteiger partial charge in [-0.15, -0.1) is 11.8 Å². The molecule has 0 bridgehead atoms. The maximum Gasteiger partial charge on any atom is 0.433 e. The molecule has 9 heteroatoms. The summed E-state index contributed by atoms with van der Waals surface area (Å²) in [6, 6.07) is 12.2. The van der Waals surface area contributed by atoms with Crippen LogP contribution in [0.1, 0.15) is 47.9 Å². The molecule has 2 aromatic carbocycles. The Labute approximate surface area is 219 Å². The van der Waals surface area contributed by atoms with E-state index in [2.05, 4.69) is 27.6 Å². The van der Waals surface area contributed by atoms with E-state index in [4.69, 9.17) is 4.74 Å². The Morgan fingerprint density at radius 3 is 2.66 bits per heavy atom. The Bertz CT molecular complexity index is 1200. The van der Waals surface area contributed by atoms with Gasteiger partial charge in [0.2, 0.25) is 0 Å². The highest BCUT2D eigenvalue weighted by Crippen LogP contribution is 2.57. The van der Waals surface area contributed by atoms with Crippen LogP contribution in [-0.4, -0.2) is 32.4 Å². The SMILES string of the molecule is CSc1ccc(-n2cncc2C(F)(F)F)cc1[C@H]1CO[C@]2(CC[C@H](CI)[C@H]2c2ccc(F)cc2)C1. The van der Waals surface area contributed by atoms with Crippen LogP contribution in [0.4, 0.5) is 17.6 Å². The lowest BCUT2D eigenvalue weighted by molar-refractivity contribution is -0.142. The molecular weight excluding hydrogens is 591 g/mol. The van der Waals surface area contributed by atoms with E-state index in [9.17, 15) is 17.6 Å². The normalized spacial score (nSPS) is 26.6. The van der Waals surface area contributed by atoms with Crippen LogP contribution in [-0.2, 0) is 10.9 Å². The van der Waals surface area contributed by atoms with Crippen molar-refractivity contribution in [2.45, 2.75) is 47.8 Å². The van der Waals surface area contributed by atoms with Crippen molar-refractivity contribution in [2.75, 3.05) is 17.3 Å². The van der Waals surface area contributed by atoms with Gasteiger partial charge in [0.05, 0.1) is 24.7 Å². The van der Waals surface area contributed by atoms with Crippen molar-refractivity contribution in [3.05, 3.63) is 77.6 Å². The van der Waals surface area contributed by atoms with Gasteiger partial charge in [0.1, 0.15) is 11.5 Å². The summed E-state index contributed by atoms with van der Waals surface area (Å²) in [6.07, 6.45) is 2.30. The second kappa shape index (κ2) is 9.70. The molecule has 2 heterocycles. The highest BCUT2D eigenvalue weighted by atomic mass is 127. The first-order valence-corrected chi connectivity index (χ1v) is 14.2. The number of hydrogen-bond donors (Lipinski definition) is 0. The molecule has 5 rings (SSSR count). The molecular formula is C26H25F4IN2OS. The van der Waals surface area contributed by atoms with Crippen molar-refractivity contribution in [1.82, 2.24) is 9.55 Å². The third-order valence-electron chi connectivity index (χ3n) is 7.43. The van der Waals surface area contributed by atoms with Gasteiger partial charge in [-0.25, -0.2) is 9.37 Å². The molecule has 3 nitrogen and oxygen atoms in total. The summed E-state index contributed by atoms with van der Waals surface area (Å²) < 4.78 is 62.8. The van der Waals surface area contributed by atoms with Gasteiger partial charge in [-0.3, -0.25) is 4.57 Å². The van der Waals surface area contributed by atoms with E-state index >= 15 is 0 Å². The third-order valence-corrected chi connectivity index (χ3v) is 9.37. The van der Waals surface area contributed by atoms with Gasteiger partial charge in [-0.05, 0) is 72.9 Å². The largest absolute Gasteiger partial charge is 0.433 e. The smallest absolute Gasteiger partial charge is 0.374 e. The Morgan fingerprint density at radius 1 is 1.20 bits per heavy atom. The summed E-state index contributed by atoms with van der Waals surface area (Å²) in [5.74, 6) is 0.408. The van der Waals surface area contributed by atoms with Crippen LogP contribution in [0.15, 0.2) is 59.9 Å². The van der Waals surface area contributed by atoms with E-state index in [1.165, 1.54) is 18.5 Å². The van der Waals surface area contributed by atoms with Crippen molar-refractivity contribution in [3.8, 4) is 5.69 Å². The number of thioether (sulfide) groups is 1. The number of imidazole rings is 1. The first kappa shape index (κ1) is 25.1. The fraction of sp³-hybridized carbons (Fsp3) is 0.423. The van der Waals surface area contributed by atoms with Crippen molar-refractivity contribution in [3.63, 3.8) is 0 Å². The average molecular weight is 616 g/mol. The fourth-order valence-corrected chi connectivity index (χ4v) is 7.50. The summed E-state index contributed by atoms with van der Waals surface area (Å²) in [5, 5.41) is 0. The zero-order chi connectivity index (χ0) is 24.8. The van der Waals surface area contributed by atoms with Gasteiger partial charge in [-0.1, -0.05) is 34.7 Å². The molecule has 0 amide bonds.